The molecule has 1 aromatic rings. The highest BCUT2D eigenvalue weighted by Gasteiger charge is 2.30. The molecule has 0 aliphatic rings. The highest BCUT2D eigenvalue weighted by atomic mass is 19.1. The smallest absolute Gasteiger partial charge is 0.318 e. The van der Waals surface area contributed by atoms with Crippen molar-refractivity contribution in [3.8, 4) is 0 Å². The molecule has 1 N–H and O–H groups in total. The van der Waals surface area contributed by atoms with Crippen LogP contribution in [0.3, 0.4) is 0 Å². The second kappa shape index (κ2) is 6.87. The largest absolute Gasteiger partial charge is 0.468 e. The fraction of sp³-hybridized carbons (Fsp3) is 0.429. The molecule has 0 aliphatic carbocycles. The van der Waals surface area contributed by atoms with E-state index in [4.69, 9.17) is 0 Å². The molecule has 0 radical (unpaired) electrons. The molecule has 1 atom stereocenters. The van der Waals surface area contributed by atoms with E-state index in [0.717, 1.165) is 0 Å². The van der Waals surface area contributed by atoms with Gasteiger partial charge in [-0.1, -0.05) is 32.0 Å². The normalized spacial score (nSPS) is 12.1. The van der Waals surface area contributed by atoms with Crippen molar-refractivity contribution in [2.24, 2.45) is 11.8 Å². The second-order valence-electron chi connectivity index (χ2n) is 4.55. The number of nitrogens with one attached hydrogen (secondary N) is 1. The van der Waals surface area contributed by atoms with Crippen molar-refractivity contribution in [3.63, 3.8) is 0 Å². The number of carbonyl (C=O) groups excluding carboxylic acids is 2. The first-order valence-corrected chi connectivity index (χ1v) is 6.06. The number of hydrogen-bond acceptors (Lipinski definition) is 3. The maximum atomic E-state index is 13.4. The van der Waals surface area contributed by atoms with Crippen molar-refractivity contribution >= 4 is 11.9 Å². The lowest BCUT2D eigenvalue weighted by Crippen LogP contribution is -2.38. The van der Waals surface area contributed by atoms with Gasteiger partial charge in [0.2, 0.25) is 5.91 Å². The quantitative estimate of drug-likeness (QED) is 0.654. The zero-order valence-electron chi connectivity index (χ0n) is 11.3. The molecule has 19 heavy (non-hydrogen) atoms. The van der Waals surface area contributed by atoms with E-state index in [2.05, 4.69) is 10.1 Å². The number of carbonyl (C=O) groups is 2. The summed E-state index contributed by atoms with van der Waals surface area (Å²) in [5.74, 6) is -2.49. The van der Waals surface area contributed by atoms with Crippen LogP contribution in [-0.2, 0) is 20.9 Å². The molecule has 4 nitrogen and oxygen atoms in total. The summed E-state index contributed by atoms with van der Waals surface area (Å²) in [6.45, 7) is 3.56. The SMILES string of the molecule is COC(=O)C(C(=O)NCc1ccccc1F)C(C)C. The number of rotatable bonds is 5. The van der Waals surface area contributed by atoms with Crippen LogP contribution in [0.4, 0.5) is 4.39 Å². The lowest BCUT2D eigenvalue weighted by molar-refractivity contribution is -0.151. The van der Waals surface area contributed by atoms with Gasteiger partial charge in [-0.25, -0.2) is 4.39 Å². The minimum atomic E-state index is -0.878. The summed E-state index contributed by atoms with van der Waals surface area (Å²) < 4.78 is 18.0. The maximum Gasteiger partial charge on any atom is 0.318 e. The Balaban J connectivity index is 2.68. The van der Waals surface area contributed by atoms with Gasteiger partial charge in [-0.05, 0) is 12.0 Å². The van der Waals surface area contributed by atoms with Gasteiger partial charge in [0, 0.05) is 12.1 Å². The Kier molecular flexibility index (Phi) is 5.48. The Hall–Kier alpha value is -1.91. The first-order chi connectivity index (χ1) is 8.97. The van der Waals surface area contributed by atoms with Crippen LogP contribution in [0, 0.1) is 17.7 Å². The topological polar surface area (TPSA) is 55.4 Å². The minimum Gasteiger partial charge on any atom is -0.468 e. The van der Waals surface area contributed by atoms with Crippen LogP contribution in [0.25, 0.3) is 0 Å². The Morgan fingerprint density at radius 2 is 1.95 bits per heavy atom. The van der Waals surface area contributed by atoms with E-state index in [9.17, 15) is 14.0 Å². The zero-order valence-corrected chi connectivity index (χ0v) is 11.3. The highest BCUT2D eigenvalue weighted by Crippen LogP contribution is 2.13. The molecule has 0 heterocycles. The number of esters is 1. The van der Waals surface area contributed by atoms with E-state index in [-0.39, 0.29) is 18.3 Å². The summed E-state index contributed by atoms with van der Waals surface area (Å²) in [5, 5.41) is 2.56. The van der Waals surface area contributed by atoms with Crippen molar-refractivity contribution in [3.05, 3.63) is 35.6 Å². The molecule has 1 unspecified atom stereocenters. The molecule has 1 rings (SSSR count). The second-order valence-corrected chi connectivity index (χ2v) is 4.55. The van der Waals surface area contributed by atoms with E-state index in [1.165, 1.54) is 13.2 Å². The third-order valence-electron chi connectivity index (χ3n) is 2.82. The molecule has 0 fully saturated rings. The Morgan fingerprint density at radius 1 is 1.32 bits per heavy atom. The molecule has 0 spiro atoms. The Bertz CT molecular complexity index is 460. The molecule has 1 amide bonds. The number of hydrogen-bond donors (Lipinski definition) is 1. The van der Waals surface area contributed by atoms with E-state index >= 15 is 0 Å². The molecular weight excluding hydrogens is 249 g/mol. The van der Waals surface area contributed by atoms with Gasteiger partial charge < -0.3 is 10.1 Å². The minimum absolute atomic E-state index is 0.0473. The lowest BCUT2D eigenvalue weighted by atomic mass is 9.95. The fourth-order valence-electron chi connectivity index (χ4n) is 1.74. The maximum absolute atomic E-state index is 13.4. The van der Waals surface area contributed by atoms with Crippen LogP contribution in [0.15, 0.2) is 24.3 Å². The van der Waals surface area contributed by atoms with Crippen LogP contribution in [0.1, 0.15) is 19.4 Å². The lowest BCUT2D eigenvalue weighted by Gasteiger charge is -2.17. The van der Waals surface area contributed by atoms with Gasteiger partial charge in [-0.2, -0.15) is 0 Å². The number of ether oxygens (including phenoxy) is 1. The molecular formula is C14H18FNO3. The van der Waals surface area contributed by atoms with Crippen molar-refractivity contribution < 1.29 is 18.7 Å². The Morgan fingerprint density at radius 3 is 2.47 bits per heavy atom. The average Bonchev–Trinajstić information content (AvgIpc) is 2.37. The summed E-state index contributed by atoms with van der Waals surface area (Å²) in [5.41, 5.74) is 0.378. The van der Waals surface area contributed by atoms with E-state index in [1.807, 2.05) is 0 Å². The summed E-state index contributed by atoms with van der Waals surface area (Å²) in [7, 11) is 1.24. The molecule has 0 aliphatic heterocycles. The fourth-order valence-corrected chi connectivity index (χ4v) is 1.74. The van der Waals surface area contributed by atoms with Crippen LogP contribution in [-0.4, -0.2) is 19.0 Å². The van der Waals surface area contributed by atoms with Gasteiger partial charge in [-0.15, -0.1) is 0 Å². The first kappa shape index (κ1) is 15.1. The third kappa shape index (κ3) is 4.05. The number of halogens is 1. The van der Waals surface area contributed by atoms with E-state index < -0.39 is 17.8 Å². The highest BCUT2D eigenvalue weighted by molar-refractivity contribution is 5.97. The summed E-state index contributed by atoms with van der Waals surface area (Å²) >= 11 is 0. The van der Waals surface area contributed by atoms with Gasteiger partial charge >= 0.3 is 5.97 Å². The summed E-state index contributed by atoms with van der Waals surface area (Å²) in [4.78, 5) is 23.5. The van der Waals surface area contributed by atoms with Gasteiger partial charge in [0.1, 0.15) is 11.7 Å². The molecule has 5 heteroatoms. The van der Waals surface area contributed by atoms with Gasteiger partial charge in [0.05, 0.1) is 7.11 Å². The summed E-state index contributed by atoms with van der Waals surface area (Å²) in [6, 6.07) is 6.16. The zero-order chi connectivity index (χ0) is 14.4. The van der Waals surface area contributed by atoms with Gasteiger partial charge in [-0.3, -0.25) is 9.59 Å². The molecule has 0 saturated carbocycles. The number of methoxy groups -OCH3 is 1. The average molecular weight is 267 g/mol. The third-order valence-corrected chi connectivity index (χ3v) is 2.82. The molecule has 0 bridgehead atoms. The van der Waals surface area contributed by atoms with Crippen molar-refractivity contribution in [2.75, 3.05) is 7.11 Å². The van der Waals surface area contributed by atoms with E-state index in [1.54, 1.807) is 32.0 Å². The van der Waals surface area contributed by atoms with Crippen molar-refractivity contribution in [1.82, 2.24) is 5.32 Å². The molecule has 0 aromatic heterocycles. The van der Waals surface area contributed by atoms with Gasteiger partial charge in [0.15, 0.2) is 0 Å². The number of benzene rings is 1. The predicted octanol–water partition coefficient (Wildman–Crippen LogP) is 1.89. The van der Waals surface area contributed by atoms with Crippen LogP contribution < -0.4 is 5.32 Å². The van der Waals surface area contributed by atoms with Crippen LogP contribution >= 0.6 is 0 Å². The predicted molar refractivity (Wildman–Crippen MR) is 68.6 cm³/mol. The number of amides is 1. The van der Waals surface area contributed by atoms with Crippen molar-refractivity contribution in [2.45, 2.75) is 20.4 Å². The van der Waals surface area contributed by atoms with Gasteiger partial charge in [0.25, 0.3) is 0 Å². The van der Waals surface area contributed by atoms with Crippen LogP contribution in [0.5, 0.6) is 0 Å². The molecule has 0 saturated heterocycles. The molecule has 1 aromatic carbocycles. The standard InChI is InChI=1S/C14H18FNO3/c1-9(2)12(14(18)19-3)13(17)16-8-10-6-4-5-7-11(10)15/h4-7,9,12H,8H2,1-3H3,(H,16,17). The monoisotopic (exact) mass is 267 g/mol. The molecule has 104 valence electrons. The summed E-state index contributed by atoms with van der Waals surface area (Å²) in [6.07, 6.45) is 0. The van der Waals surface area contributed by atoms with E-state index in [0.29, 0.717) is 5.56 Å². The first-order valence-electron chi connectivity index (χ1n) is 6.06. The van der Waals surface area contributed by atoms with Crippen molar-refractivity contribution in [1.29, 1.82) is 0 Å². The van der Waals surface area contributed by atoms with Crippen LogP contribution in [0.2, 0.25) is 0 Å². The Labute approximate surface area is 112 Å².